The number of rotatable bonds is 6. The molecular weight excluding hydrogens is 286 g/mol. The lowest BCUT2D eigenvalue weighted by Gasteiger charge is -2.28. The third-order valence-electron chi connectivity index (χ3n) is 5.32. The Kier molecular flexibility index (Phi) is 6.35. The maximum absolute atomic E-state index is 10.2. The van der Waals surface area contributed by atoms with Crippen molar-refractivity contribution in [3.05, 3.63) is 29.8 Å². The van der Waals surface area contributed by atoms with Gasteiger partial charge in [-0.2, -0.15) is 0 Å². The van der Waals surface area contributed by atoms with Crippen LogP contribution in [0.3, 0.4) is 0 Å². The summed E-state index contributed by atoms with van der Waals surface area (Å²) in [5.74, 6) is 1.62. The van der Waals surface area contributed by atoms with Gasteiger partial charge in [0.15, 0.2) is 0 Å². The van der Waals surface area contributed by atoms with Gasteiger partial charge in [-0.3, -0.25) is 0 Å². The first-order valence-corrected chi connectivity index (χ1v) is 9.44. The minimum Gasteiger partial charge on any atom is -0.491 e. The van der Waals surface area contributed by atoms with E-state index in [1.54, 1.807) is 0 Å². The second kappa shape index (κ2) is 8.70. The van der Waals surface area contributed by atoms with Crippen LogP contribution in [-0.4, -0.2) is 42.4 Å². The molecule has 1 aliphatic carbocycles. The Labute approximate surface area is 140 Å². The fourth-order valence-electron chi connectivity index (χ4n) is 3.96. The molecule has 0 spiro atoms. The van der Waals surface area contributed by atoms with Crippen molar-refractivity contribution in [1.29, 1.82) is 0 Å². The molecule has 1 atom stereocenters. The molecule has 1 unspecified atom stereocenters. The summed E-state index contributed by atoms with van der Waals surface area (Å²) in [6.45, 7) is 3.36. The molecule has 0 amide bonds. The van der Waals surface area contributed by atoms with Crippen LogP contribution in [-0.2, 0) is 0 Å². The van der Waals surface area contributed by atoms with Crippen LogP contribution < -0.4 is 4.74 Å². The third-order valence-corrected chi connectivity index (χ3v) is 5.32. The summed E-state index contributed by atoms with van der Waals surface area (Å²) < 4.78 is 5.77. The van der Waals surface area contributed by atoms with Crippen LogP contribution in [0.5, 0.6) is 5.75 Å². The van der Waals surface area contributed by atoms with Gasteiger partial charge >= 0.3 is 0 Å². The third kappa shape index (κ3) is 5.22. The number of nitrogens with zero attached hydrogens (tertiary/aromatic N) is 1. The van der Waals surface area contributed by atoms with E-state index in [4.69, 9.17) is 4.74 Å². The Balaban J connectivity index is 1.42. The first-order chi connectivity index (χ1) is 11.3. The van der Waals surface area contributed by atoms with Gasteiger partial charge < -0.3 is 14.7 Å². The molecule has 1 N–H and O–H groups in total. The predicted molar refractivity (Wildman–Crippen MR) is 94.1 cm³/mol. The molecule has 1 saturated carbocycles. The zero-order chi connectivity index (χ0) is 15.9. The Morgan fingerprint density at radius 1 is 0.957 bits per heavy atom. The van der Waals surface area contributed by atoms with E-state index in [1.165, 1.54) is 56.9 Å². The molecule has 23 heavy (non-hydrogen) atoms. The second-order valence-corrected chi connectivity index (χ2v) is 7.23. The topological polar surface area (TPSA) is 32.7 Å². The highest BCUT2D eigenvalue weighted by Crippen LogP contribution is 2.33. The van der Waals surface area contributed by atoms with E-state index in [0.717, 1.165) is 31.3 Å². The number of aliphatic hydroxyl groups excluding tert-OH is 1. The highest BCUT2D eigenvalue weighted by molar-refractivity contribution is 5.29. The molecular formula is C20H31NO2. The smallest absolute Gasteiger partial charge is 0.119 e. The molecule has 1 aliphatic heterocycles. The van der Waals surface area contributed by atoms with Crippen LogP contribution in [0.2, 0.25) is 0 Å². The monoisotopic (exact) mass is 317 g/mol. The molecule has 3 heteroatoms. The van der Waals surface area contributed by atoms with Crippen molar-refractivity contribution >= 4 is 0 Å². The van der Waals surface area contributed by atoms with Crippen LogP contribution in [0.4, 0.5) is 0 Å². The molecule has 0 aromatic heterocycles. The van der Waals surface area contributed by atoms with Gasteiger partial charge in [0, 0.05) is 6.54 Å². The maximum atomic E-state index is 10.2. The van der Waals surface area contributed by atoms with E-state index in [0.29, 0.717) is 6.61 Å². The summed E-state index contributed by atoms with van der Waals surface area (Å²) in [5, 5.41) is 10.2. The van der Waals surface area contributed by atoms with Crippen molar-refractivity contribution in [2.24, 2.45) is 0 Å². The van der Waals surface area contributed by atoms with Crippen molar-refractivity contribution in [2.75, 3.05) is 26.2 Å². The van der Waals surface area contributed by atoms with Crippen LogP contribution in [0.25, 0.3) is 0 Å². The van der Waals surface area contributed by atoms with Crippen molar-refractivity contribution in [3.8, 4) is 5.75 Å². The number of likely N-dealkylation sites (tertiary alicyclic amines) is 1. The average Bonchev–Trinajstić information content (AvgIpc) is 2.62. The van der Waals surface area contributed by atoms with Gasteiger partial charge in [0.2, 0.25) is 0 Å². The average molecular weight is 317 g/mol. The summed E-state index contributed by atoms with van der Waals surface area (Å²) in [7, 11) is 0. The summed E-state index contributed by atoms with van der Waals surface area (Å²) in [6.07, 6.45) is 10.2. The molecule has 0 bridgehead atoms. The summed E-state index contributed by atoms with van der Waals surface area (Å²) >= 11 is 0. The highest BCUT2D eigenvalue weighted by Gasteiger charge is 2.16. The first kappa shape index (κ1) is 16.8. The Morgan fingerprint density at radius 2 is 1.61 bits per heavy atom. The lowest BCUT2D eigenvalue weighted by Crippen LogP contribution is -2.38. The van der Waals surface area contributed by atoms with E-state index < -0.39 is 6.10 Å². The predicted octanol–water partition coefficient (Wildman–Crippen LogP) is 3.96. The molecule has 1 aromatic carbocycles. The molecule has 2 aliphatic rings. The fourth-order valence-corrected chi connectivity index (χ4v) is 3.96. The van der Waals surface area contributed by atoms with Crippen LogP contribution in [0.15, 0.2) is 24.3 Å². The quantitative estimate of drug-likeness (QED) is 0.862. The number of hydrogen-bond donors (Lipinski definition) is 1. The molecule has 128 valence electrons. The van der Waals surface area contributed by atoms with E-state index in [9.17, 15) is 5.11 Å². The molecule has 1 saturated heterocycles. The van der Waals surface area contributed by atoms with Crippen molar-refractivity contribution < 1.29 is 9.84 Å². The zero-order valence-corrected chi connectivity index (χ0v) is 14.3. The highest BCUT2D eigenvalue weighted by atomic mass is 16.5. The summed E-state index contributed by atoms with van der Waals surface area (Å²) in [4.78, 5) is 2.35. The molecule has 1 heterocycles. The molecule has 3 nitrogen and oxygen atoms in total. The lowest BCUT2D eigenvalue weighted by atomic mass is 9.84. The van der Waals surface area contributed by atoms with E-state index >= 15 is 0 Å². The lowest BCUT2D eigenvalue weighted by molar-refractivity contribution is 0.0617. The van der Waals surface area contributed by atoms with Gasteiger partial charge in [-0.15, -0.1) is 0 Å². The summed E-state index contributed by atoms with van der Waals surface area (Å²) in [5.41, 5.74) is 1.45. The van der Waals surface area contributed by atoms with Gasteiger partial charge in [0.1, 0.15) is 18.5 Å². The second-order valence-electron chi connectivity index (χ2n) is 7.23. The Hall–Kier alpha value is -1.06. The standard InChI is InChI=1S/C20H31NO2/c22-19(15-21-13-5-2-6-14-21)16-23-20-11-9-18(10-12-20)17-7-3-1-4-8-17/h9-12,17,19,22H,1-8,13-16H2. The fraction of sp³-hybridized carbons (Fsp3) is 0.700. The van der Waals surface area contributed by atoms with Gasteiger partial charge in [-0.05, 0) is 62.4 Å². The van der Waals surface area contributed by atoms with Gasteiger partial charge in [0.25, 0.3) is 0 Å². The van der Waals surface area contributed by atoms with Gasteiger partial charge in [-0.1, -0.05) is 37.8 Å². The maximum Gasteiger partial charge on any atom is 0.119 e. The molecule has 3 rings (SSSR count). The number of aliphatic hydroxyl groups is 1. The molecule has 1 aromatic rings. The number of β-amino-alcohol motifs (C(OH)–C–C–N with tert-alkyl or cyclic N) is 1. The SMILES string of the molecule is OC(COc1ccc(C2CCCCC2)cc1)CN1CCCCC1. The van der Waals surface area contributed by atoms with Crippen molar-refractivity contribution in [3.63, 3.8) is 0 Å². The Bertz CT molecular complexity index is 447. The van der Waals surface area contributed by atoms with Crippen molar-refractivity contribution in [2.45, 2.75) is 63.4 Å². The number of benzene rings is 1. The minimum absolute atomic E-state index is 0.388. The van der Waals surface area contributed by atoms with Gasteiger partial charge in [-0.25, -0.2) is 0 Å². The number of hydrogen-bond acceptors (Lipinski definition) is 3. The van der Waals surface area contributed by atoms with E-state index in [-0.39, 0.29) is 0 Å². The number of piperidine rings is 1. The largest absolute Gasteiger partial charge is 0.491 e. The normalized spacial score (nSPS) is 22.0. The van der Waals surface area contributed by atoms with E-state index in [2.05, 4.69) is 29.2 Å². The van der Waals surface area contributed by atoms with Crippen LogP contribution >= 0.6 is 0 Å². The molecule has 2 fully saturated rings. The van der Waals surface area contributed by atoms with Gasteiger partial charge in [0.05, 0.1) is 0 Å². The Morgan fingerprint density at radius 3 is 2.30 bits per heavy atom. The summed E-state index contributed by atoms with van der Waals surface area (Å²) in [6, 6.07) is 8.56. The first-order valence-electron chi connectivity index (χ1n) is 9.44. The molecule has 0 radical (unpaired) electrons. The van der Waals surface area contributed by atoms with Crippen molar-refractivity contribution in [1.82, 2.24) is 4.90 Å². The minimum atomic E-state index is -0.397. The van der Waals surface area contributed by atoms with Crippen LogP contribution in [0, 0.1) is 0 Å². The zero-order valence-electron chi connectivity index (χ0n) is 14.3. The van der Waals surface area contributed by atoms with E-state index in [1.807, 2.05) is 0 Å². The number of ether oxygens (including phenoxy) is 1. The van der Waals surface area contributed by atoms with Crippen LogP contribution in [0.1, 0.15) is 62.8 Å².